The van der Waals surface area contributed by atoms with E-state index in [0.29, 0.717) is 18.8 Å². The highest BCUT2D eigenvalue weighted by atomic mass is 35.5. The van der Waals surface area contributed by atoms with E-state index in [-0.39, 0.29) is 28.8 Å². The summed E-state index contributed by atoms with van der Waals surface area (Å²) in [7, 11) is 0. The third-order valence-electron chi connectivity index (χ3n) is 7.54. The van der Waals surface area contributed by atoms with Gasteiger partial charge in [-0.15, -0.1) is 0 Å². The van der Waals surface area contributed by atoms with Crippen molar-refractivity contribution >= 4 is 51.2 Å². The molecule has 2 amide bonds. The summed E-state index contributed by atoms with van der Waals surface area (Å²) < 4.78 is 6.15. The highest BCUT2D eigenvalue weighted by molar-refractivity contribution is 6.32. The van der Waals surface area contributed by atoms with E-state index in [1.807, 2.05) is 66.7 Å². The lowest BCUT2D eigenvalue weighted by atomic mass is 10.0. The quantitative estimate of drug-likeness (QED) is 0.124. The fourth-order valence-corrected chi connectivity index (χ4v) is 5.40. The number of aromatic nitrogens is 1. The fraction of sp³-hybridized carbons (Fsp3) is 0.0811. The minimum absolute atomic E-state index is 0.0745. The van der Waals surface area contributed by atoms with Crippen LogP contribution in [-0.2, 0) is 17.9 Å². The van der Waals surface area contributed by atoms with E-state index < -0.39 is 5.91 Å². The number of fused-ring (bicyclic) bond motifs is 2. The van der Waals surface area contributed by atoms with Crippen molar-refractivity contribution in [1.82, 2.24) is 15.3 Å². The van der Waals surface area contributed by atoms with Gasteiger partial charge < -0.3 is 14.7 Å². The molecule has 1 aromatic heterocycles. The van der Waals surface area contributed by atoms with Gasteiger partial charge in [-0.2, -0.15) is 5.10 Å². The lowest BCUT2D eigenvalue weighted by molar-refractivity contribution is -0.134. The summed E-state index contributed by atoms with van der Waals surface area (Å²) in [5.41, 5.74) is 5.45. The summed E-state index contributed by atoms with van der Waals surface area (Å²) in [4.78, 5) is 32.2. The molecule has 6 aromatic rings. The van der Waals surface area contributed by atoms with Crippen LogP contribution in [0.3, 0.4) is 0 Å². The number of hydrogen-bond acceptors (Lipinski definition) is 6. The average molecular weight is 629 g/mol. The van der Waals surface area contributed by atoms with Crippen molar-refractivity contribution in [3.63, 3.8) is 0 Å². The Labute approximate surface area is 270 Å². The molecule has 0 atom stereocenters. The molecule has 0 aliphatic carbocycles. The average Bonchev–Trinajstić information content (AvgIpc) is 3.09. The van der Waals surface area contributed by atoms with Crippen molar-refractivity contribution in [3.05, 3.63) is 149 Å². The number of benzene rings is 5. The first-order valence-electron chi connectivity index (χ1n) is 14.6. The normalized spacial score (nSPS) is 11.2. The molecule has 0 saturated heterocycles. The van der Waals surface area contributed by atoms with Crippen LogP contribution in [0.15, 0.2) is 127 Å². The van der Waals surface area contributed by atoms with Crippen molar-refractivity contribution in [2.24, 2.45) is 5.10 Å². The molecular weight excluding hydrogens is 600 g/mol. The van der Waals surface area contributed by atoms with Gasteiger partial charge in [0, 0.05) is 42.0 Å². The molecule has 0 bridgehead atoms. The van der Waals surface area contributed by atoms with Crippen LogP contribution in [-0.4, -0.2) is 39.6 Å². The number of ether oxygens (including phenoxy) is 1. The van der Waals surface area contributed by atoms with Gasteiger partial charge in [0.15, 0.2) is 6.61 Å². The zero-order valence-corrected chi connectivity index (χ0v) is 25.4. The van der Waals surface area contributed by atoms with E-state index in [1.165, 1.54) is 24.4 Å². The zero-order chi connectivity index (χ0) is 31.9. The van der Waals surface area contributed by atoms with Crippen molar-refractivity contribution < 1.29 is 19.4 Å². The molecule has 0 aliphatic heterocycles. The Hall–Kier alpha value is -5.73. The number of aromatic hydroxyl groups is 1. The minimum atomic E-state index is -0.472. The van der Waals surface area contributed by atoms with E-state index in [0.717, 1.165) is 38.2 Å². The van der Waals surface area contributed by atoms with Crippen LogP contribution >= 0.6 is 11.6 Å². The number of rotatable bonds is 10. The molecule has 0 saturated carbocycles. The summed E-state index contributed by atoms with van der Waals surface area (Å²) in [5.74, 6) is -0.192. The second-order valence-electron chi connectivity index (χ2n) is 10.6. The Balaban J connectivity index is 1.19. The van der Waals surface area contributed by atoms with E-state index in [4.69, 9.17) is 16.3 Å². The first kappa shape index (κ1) is 30.3. The van der Waals surface area contributed by atoms with E-state index >= 15 is 0 Å². The number of phenolic OH excluding ortho intramolecular Hbond substituents is 1. The van der Waals surface area contributed by atoms with Crippen molar-refractivity contribution in [1.29, 1.82) is 0 Å². The van der Waals surface area contributed by atoms with E-state index in [9.17, 15) is 14.7 Å². The van der Waals surface area contributed by atoms with Gasteiger partial charge in [-0.25, -0.2) is 5.43 Å². The maximum absolute atomic E-state index is 13.7. The predicted molar refractivity (Wildman–Crippen MR) is 180 cm³/mol. The Bertz CT molecular complexity index is 2060. The third-order valence-corrected chi connectivity index (χ3v) is 7.84. The highest BCUT2D eigenvalue weighted by Crippen LogP contribution is 2.29. The summed E-state index contributed by atoms with van der Waals surface area (Å²) in [6.45, 7) is 0.641. The minimum Gasteiger partial charge on any atom is -0.506 e. The molecule has 0 radical (unpaired) electrons. The van der Waals surface area contributed by atoms with Crippen LogP contribution in [0.4, 0.5) is 0 Å². The Morgan fingerprint density at radius 1 is 0.870 bits per heavy atom. The second-order valence-corrected chi connectivity index (χ2v) is 11.0. The Morgan fingerprint density at radius 3 is 2.46 bits per heavy atom. The van der Waals surface area contributed by atoms with Gasteiger partial charge in [0.1, 0.15) is 11.5 Å². The lowest BCUT2D eigenvalue weighted by Crippen LogP contribution is -2.34. The predicted octanol–water partition coefficient (Wildman–Crippen LogP) is 7.12. The molecular formula is C37H29ClN4O4. The highest BCUT2D eigenvalue weighted by Gasteiger charge is 2.18. The fourth-order valence-electron chi connectivity index (χ4n) is 5.22. The summed E-state index contributed by atoms with van der Waals surface area (Å²) in [5, 5.41) is 17.6. The number of carbonyl (C=O) groups is 2. The van der Waals surface area contributed by atoms with Crippen molar-refractivity contribution in [3.8, 4) is 11.5 Å². The SMILES string of the molecule is O=C(NN=Cc1ccc(OCC(=O)N(Cc2cccnc2)Cc2cccc3ccccc23)c2ccccc12)c1ccc(O)c(Cl)c1. The summed E-state index contributed by atoms with van der Waals surface area (Å²) >= 11 is 5.92. The Morgan fingerprint density at radius 2 is 1.65 bits per heavy atom. The second kappa shape index (κ2) is 13.9. The van der Waals surface area contributed by atoms with Gasteiger partial charge in [-0.05, 0) is 63.7 Å². The standard InChI is InChI=1S/C37H29ClN4O4/c38-33-19-27(14-16-34(33)43)37(45)41-40-21-28-15-17-35(32-13-4-3-12-31(28)32)46-24-36(44)42(22-25-7-6-18-39-20-25)23-29-10-5-9-26-8-1-2-11-30(26)29/h1-21,43H,22-24H2,(H,41,45). The zero-order valence-electron chi connectivity index (χ0n) is 24.6. The van der Waals surface area contributed by atoms with Gasteiger partial charge >= 0.3 is 0 Å². The van der Waals surface area contributed by atoms with Crippen molar-refractivity contribution in [2.45, 2.75) is 13.1 Å². The molecule has 2 N–H and O–H groups in total. The number of amides is 2. The number of pyridine rings is 1. The van der Waals surface area contributed by atoms with Gasteiger partial charge in [0.25, 0.3) is 11.8 Å². The number of nitrogens with one attached hydrogen (secondary N) is 1. The largest absolute Gasteiger partial charge is 0.506 e. The lowest BCUT2D eigenvalue weighted by Gasteiger charge is -2.24. The molecule has 6 rings (SSSR count). The van der Waals surface area contributed by atoms with Crippen LogP contribution in [0, 0.1) is 0 Å². The maximum atomic E-state index is 13.7. The van der Waals surface area contributed by atoms with Gasteiger partial charge in [-0.1, -0.05) is 84.4 Å². The van der Waals surface area contributed by atoms with Crippen LogP contribution in [0.25, 0.3) is 21.5 Å². The molecule has 8 nitrogen and oxygen atoms in total. The Kier molecular flexibility index (Phi) is 9.17. The third kappa shape index (κ3) is 6.98. The first-order chi connectivity index (χ1) is 22.5. The van der Waals surface area contributed by atoms with Crippen LogP contribution in [0.5, 0.6) is 11.5 Å². The van der Waals surface area contributed by atoms with Crippen LogP contribution < -0.4 is 10.2 Å². The maximum Gasteiger partial charge on any atom is 0.271 e. The number of hydrogen-bond donors (Lipinski definition) is 2. The monoisotopic (exact) mass is 628 g/mol. The van der Waals surface area contributed by atoms with Crippen LogP contribution in [0.2, 0.25) is 5.02 Å². The molecule has 9 heteroatoms. The number of carbonyl (C=O) groups excluding carboxylic acids is 2. The van der Waals surface area contributed by atoms with Gasteiger partial charge in [0.2, 0.25) is 0 Å². The van der Waals surface area contributed by atoms with E-state index in [1.54, 1.807) is 23.4 Å². The molecule has 46 heavy (non-hydrogen) atoms. The number of nitrogens with zero attached hydrogens (tertiary/aromatic N) is 3. The van der Waals surface area contributed by atoms with Gasteiger partial charge in [-0.3, -0.25) is 14.6 Å². The summed E-state index contributed by atoms with van der Waals surface area (Å²) in [6.07, 6.45) is 5.01. The molecule has 0 fully saturated rings. The first-order valence-corrected chi connectivity index (χ1v) is 14.9. The molecule has 1 heterocycles. The topological polar surface area (TPSA) is 104 Å². The molecule has 228 valence electrons. The molecule has 0 aliphatic rings. The van der Waals surface area contributed by atoms with Crippen molar-refractivity contribution in [2.75, 3.05) is 6.61 Å². The number of halogens is 1. The van der Waals surface area contributed by atoms with E-state index in [2.05, 4.69) is 33.7 Å². The van der Waals surface area contributed by atoms with Crippen LogP contribution in [0.1, 0.15) is 27.0 Å². The summed E-state index contributed by atoms with van der Waals surface area (Å²) in [6, 6.07) is 33.4. The molecule has 5 aromatic carbocycles. The molecule has 0 spiro atoms. The number of hydrazone groups is 1. The smallest absolute Gasteiger partial charge is 0.271 e. The molecule has 0 unspecified atom stereocenters. The van der Waals surface area contributed by atoms with Gasteiger partial charge in [0.05, 0.1) is 11.2 Å². The number of phenols is 1.